The van der Waals surface area contributed by atoms with Crippen LogP contribution in [-0.2, 0) is 12.8 Å². The highest BCUT2D eigenvalue weighted by Gasteiger charge is 2.11. The molecule has 0 unspecified atom stereocenters. The molecule has 0 amide bonds. The van der Waals surface area contributed by atoms with Crippen molar-refractivity contribution in [1.82, 2.24) is 9.55 Å². The summed E-state index contributed by atoms with van der Waals surface area (Å²) in [6.45, 7) is 0. The fourth-order valence-electron chi connectivity index (χ4n) is 2.96. The van der Waals surface area contributed by atoms with Crippen LogP contribution in [0, 0.1) is 11.3 Å². The Morgan fingerprint density at radius 1 is 1.08 bits per heavy atom. The minimum Gasteiger partial charge on any atom is -0.290 e. The Hall–Kier alpha value is -3.10. The Kier molecular flexibility index (Phi) is 4.19. The zero-order valence-corrected chi connectivity index (χ0v) is 15.0. The summed E-state index contributed by atoms with van der Waals surface area (Å²) >= 11 is 1.46. The van der Waals surface area contributed by atoms with E-state index in [1.54, 1.807) is 17.7 Å². The van der Waals surface area contributed by atoms with Crippen LogP contribution in [0.15, 0.2) is 70.6 Å². The van der Waals surface area contributed by atoms with Crippen molar-refractivity contribution in [2.45, 2.75) is 10.9 Å². The molecule has 1 aromatic heterocycles. The van der Waals surface area contributed by atoms with Gasteiger partial charge < -0.3 is 0 Å². The average Bonchev–Trinajstić information content (AvgIpc) is 2.68. The first kappa shape index (κ1) is 16.4. The summed E-state index contributed by atoms with van der Waals surface area (Å²) < 4.78 is 1.58. The molecule has 126 valence electrons. The zero-order chi connectivity index (χ0) is 18.1. The van der Waals surface area contributed by atoms with Gasteiger partial charge in [0.25, 0.3) is 5.56 Å². The molecule has 0 spiro atoms. The fourth-order valence-corrected chi connectivity index (χ4v) is 3.94. The summed E-state index contributed by atoms with van der Waals surface area (Å²) in [7, 11) is 1.74. The number of thioether (sulfide) groups is 1. The molecular weight excluding hydrogens is 342 g/mol. The first-order chi connectivity index (χ1) is 12.7. The van der Waals surface area contributed by atoms with Gasteiger partial charge >= 0.3 is 0 Å². The number of hydrogen-bond donors (Lipinski definition) is 0. The highest BCUT2D eigenvalue weighted by atomic mass is 32.2. The van der Waals surface area contributed by atoms with E-state index >= 15 is 0 Å². The Morgan fingerprint density at radius 3 is 2.54 bits per heavy atom. The molecule has 0 N–H and O–H groups in total. The van der Waals surface area contributed by atoms with E-state index in [2.05, 4.69) is 6.07 Å². The van der Waals surface area contributed by atoms with E-state index in [0.29, 0.717) is 27.4 Å². The lowest BCUT2D eigenvalue weighted by Gasteiger charge is -2.10. The van der Waals surface area contributed by atoms with E-state index in [9.17, 15) is 10.1 Å². The highest BCUT2D eigenvalue weighted by molar-refractivity contribution is 7.98. The summed E-state index contributed by atoms with van der Waals surface area (Å²) in [6.07, 6.45) is 0. The molecule has 0 saturated heterocycles. The van der Waals surface area contributed by atoms with Gasteiger partial charge in [-0.25, -0.2) is 4.98 Å². The Balaban J connectivity index is 1.78. The van der Waals surface area contributed by atoms with E-state index in [1.165, 1.54) is 11.8 Å². The maximum atomic E-state index is 12.8. The van der Waals surface area contributed by atoms with Crippen LogP contribution in [0.3, 0.4) is 0 Å². The molecule has 0 aliphatic rings. The maximum absolute atomic E-state index is 12.8. The van der Waals surface area contributed by atoms with Crippen LogP contribution in [0.2, 0.25) is 0 Å². The van der Waals surface area contributed by atoms with E-state index in [-0.39, 0.29) is 5.56 Å². The minimum atomic E-state index is -0.0585. The number of aromatic nitrogens is 2. The van der Waals surface area contributed by atoms with Gasteiger partial charge in [-0.05, 0) is 34.5 Å². The summed E-state index contributed by atoms with van der Waals surface area (Å²) in [5.74, 6) is 0.586. The van der Waals surface area contributed by atoms with E-state index < -0.39 is 0 Å². The highest BCUT2D eigenvalue weighted by Crippen LogP contribution is 2.25. The van der Waals surface area contributed by atoms with E-state index in [0.717, 1.165) is 16.3 Å². The Labute approximate surface area is 154 Å². The third-order valence-corrected chi connectivity index (χ3v) is 5.48. The van der Waals surface area contributed by atoms with Crippen LogP contribution in [-0.4, -0.2) is 9.55 Å². The fraction of sp³-hybridized carbons (Fsp3) is 0.0952. The summed E-state index contributed by atoms with van der Waals surface area (Å²) in [4.78, 5) is 17.5. The second kappa shape index (κ2) is 6.66. The molecule has 4 nitrogen and oxygen atoms in total. The van der Waals surface area contributed by atoms with Crippen molar-refractivity contribution in [3.63, 3.8) is 0 Å². The van der Waals surface area contributed by atoms with Crippen molar-refractivity contribution < 1.29 is 0 Å². The lowest BCUT2D eigenvalue weighted by Crippen LogP contribution is -2.20. The van der Waals surface area contributed by atoms with Gasteiger partial charge in [0.15, 0.2) is 5.16 Å². The first-order valence-corrected chi connectivity index (χ1v) is 9.16. The van der Waals surface area contributed by atoms with Crippen LogP contribution >= 0.6 is 11.8 Å². The molecule has 3 aromatic carbocycles. The van der Waals surface area contributed by atoms with Gasteiger partial charge in [-0.3, -0.25) is 9.36 Å². The molecule has 1 heterocycles. The van der Waals surface area contributed by atoms with Crippen molar-refractivity contribution in [3.8, 4) is 6.07 Å². The molecule has 0 radical (unpaired) electrons. The summed E-state index contributed by atoms with van der Waals surface area (Å²) in [5.41, 5.74) is 2.23. The third-order valence-electron chi connectivity index (χ3n) is 4.40. The smallest absolute Gasteiger partial charge is 0.261 e. The SMILES string of the molecule is Cn1c(SCc2ccccc2C#N)nc2cc3ccccc3cc2c1=O. The third kappa shape index (κ3) is 2.85. The van der Waals surface area contributed by atoms with Gasteiger partial charge in [0.2, 0.25) is 0 Å². The van der Waals surface area contributed by atoms with E-state index in [1.807, 2.05) is 54.6 Å². The van der Waals surface area contributed by atoms with E-state index in [4.69, 9.17) is 4.98 Å². The lowest BCUT2D eigenvalue weighted by atomic mass is 10.1. The number of fused-ring (bicyclic) bond motifs is 2. The van der Waals surface area contributed by atoms with Gasteiger partial charge in [-0.15, -0.1) is 0 Å². The molecule has 5 heteroatoms. The number of rotatable bonds is 3. The van der Waals surface area contributed by atoms with Gasteiger partial charge in [0.05, 0.1) is 22.5 Å². The molecule has 0 saturated carbocycles. The van der Waals surface area contributed by atoms with Crippen LogP contribution in [0.1, 0.15) is 11.1 Å². The molecule has 4 rings (SSSR count). The molecule has 0 bridgehead atoms. The van der Waals surface area contributed by atoms with Crippen molar-refractivity contribution >= 4 is 33.4 Å². The van der Waals surface area contributed by atoms with Crippen LogP contribution in [0.5, 0.6) is 0 Å². The standard InChI is InChI=1S/C21H15N3OS/c1-24-20(25)18-10-14-6-2-3-7-15(14)11-19(18)23-21(24)26-13-17-9-5-4-8-16(17)12-22/h2-11H,13H2,1H3. The molecular formula is C21H15N3OS. The second-order valence-electron chi connectivity index (χ2n) is 6.03. The largest absolute Gasteiger partial charge is 0.290 e. The normalized spacial score (nSPS) is 10.9. The van der Waals surface area contributed by atoms with Crippen LogP contribution < -0.4 is 5.56 Å². The van der Waals surface area contributed by atoms with Crippen molar-refractivity contribution in [1.29, 1.82) is 5.26 Å². The number of nitriles is 1. The summed E-state index contributed by atoms with van der Waals surface area (Å²) in [6, 6.07) is 21.5. The van der Waals surface area contributed by atoms with Crippen molar-refractivity contribution in [2.75, 3.05) is 0 Å². The topological polar surface area (TPSA) is 58.7 Å². The minimum absolute atomic E-state index is 0.0585. The average molecular weight is 357 g/mol. The number of hydrogen-bond acceptors (Lipinski definition) is 4. The van der Waals surface area contributed by atoms with Crippen molar-refractivity contribution in [2.24, 2.45) is 7.05 Å². The second-order valence-corrected chi connectivity index (χ2v) is 6.98. The zero-order valence-electron chi connectivity index (χ0n) is 14.1. The van der Waals surface area contributed by atoms with Crippen molar-refractivity contribution in [3.05, 3.63) is 82.1 Å². The van der Waals surface area contributed by atoms with Crippen LogP contribution in [0.4, 0.5) is 0 Å². The summed E-state index contributed by atoms with van der Waals surface area (Å²) in [5, 5.41) is 12.6. The quantitative estimate of drug-likeness (QED) is 0.312. The first-order valence-electron chi connectivity index (χ1n) is 8.18. The van der Waals surface area contributed by atoms with Crippen LogP contribution in [0.25, 0.3) is 21.7 Å². The predicted molar refractivity (Wildman–Crippen MR) is 105 cm³/mol. The monoisotopic (exact) mass is 357 g/mol. The van der Waals surface area contributed by atoms with Gasteiger partial charge in [-0.1, -0.05) is 54.2 Å². The molecule has 0 aliphatic carbocycles. The molecule has 0 aliphatic heterocycles. The Bertz CT molecular complexity index is 1240. The molecule has 26 heavy (non-hydrogen) atoms. The predicted octanol–water partition coefficient (Wildman–Crippen LogP) is 4.25. The number of benzene rings is 3. The lowest BCUT2D eigenvalue weighted by molar-refractivity contribution is 0.726. The van der Waals surface area contributed by atoms with Gasteiger partial charge in [0, 0.05) is 12.8 Å². The maximum Gasteiger partial charge on any atom is 0.261 e. The number of nitrogens with zero attached hydrogens (tertiary/aromatic N) is 3. The molecule has 4 aromatic rings. The molecule has 0 fully saturated rings. The van der Waals surface area contributed by atoms with Gasteiger partial charge in [0.1, 0.15) is 0 Å². The Morgan fingerprint density at radius 2 is 1.77 bits per heavy atom. The molecule has 0 atom stereocenters. The van der Waals surface area contributed by atoms with Gasteiger partial charge in [-0.2, -0.15) is 5.26 Å².